The number of tetrazole rings is 1. The normalized spacial score (nSPS) is 10.8. The topological polar surface area (TPSA) is 111 Å². The van der Waals surface area contributed by atoms with Crippen LogP contribution >= 0.6 is 11.8 Å². The first-order valence-electron chi connectivity index (χ1n) is 5.90. The first-order chi connectivity index (χ1) is 10.2. The molecule has 21 heavy (non-hydrogen) atoms. The number of aryl methyl sites for hydroxylation is 1. The van der Waals surface area contributed by atoms with E-state index in [2.05, 4.69) is 35.5 Å². The van der Waals surface area contributed by atoms with Gasteiger partial charge < -0.3 is 9.72 Å². The molecule has 2 aromatic heterocycles. The second-order valence-corrected chi connectivity index (χ2v) is 5.11. The number of aromatic nitrogens is 6. The van der Waals surface area contributed by atoms with Crippen LogP contribution < -0.4 is 5.32 Å². The van der Waals surface area contributed by atoms with E-state index in [1.807, 2.05) is 18.2 Å². The van der Waals surface area contributed by atoms with Gasteiger partial charge in [-0.2, -0.15) is 0 Å². The van der Waals surface area contributed by atoms with Crippen molar-refractivity contribution in [2.45, 2.75) is 10.1 Å². The van der Waals surface area contributed by atoms with Crippen molar-refractivity contribution in [3.8, 4) is 0 Å². The van der Waals surface area contributed by atoms with E-state index in [1.165, 1.54) is 18.9 Å². The monoisotopic (exact) mass is 305 g/mol. The number of amides is 1. The molecule has 0 fully saturated rings. The number of anilines is 1. The second kappa shape index (κ2) is 5.40. The molecular weight excluding hydrogens is 294 g/mol. The quantitative estimate of drug-likeness (QED) is 0.752. The molecule has 1 aromatic carbocycles. The summed E-state index contributed by atoms with van der Waals surface area (Å²) in [5.74, 6) is 0.333. The van der Waals surface area contributed by atoms with Crippen LogP contribution in [0, 0.1) is 0 Å². The van der Waals surface area contributed by atoms with Crippen molar-refractivity contribution in [2.24, 2.45) is 7.05 Å². The smallest absolute Gasteiger partial charge is 0.413 e. The number of carbonyl (C=O) groups excluding carboxylic acids is 1. The summed E-state index contributed by atoms with van der Waals surface area (Å²) in [5, 5.41) is 14.4. The van der Waals surface area contributed by atoms with E-state index in [0.29, 0.717) is 11.1 Å². The van der Waals surface area contributed by atoms with Crippen LogP contribution in [0.4, 0.5) is 10.7 Å². The molecule has 0 aliphatic rings. The lowest BCUT2D eigenvalue weighted by Crippen LogP contribution is -2.11. The third kappa shape index (κ3) is 2.79. The van der Waals surface area contributed by atoms with Gasteiger partial charge in [-0.15, -0.1) is 5.10 Å². The molecule has 0 atom stereocenters. The molecule has 2 N–H and O–H groups in total. The maximum absolute atomic E-state index is 11.2. The molecule has 0 bridgehead atoms. The fourth-order valence-corrected chi connectivity index (χ4v) is 2.44. The molecule has 0 aliphatic heterocycles. The molecule has 0 unspecified atom stereocenters. The highest BCUT2D eigenvalue weighted by Crippen LogP contribution is 2.27. The fraction of sp³-hybridized carbons (Fsp3) is 0.182. The van der Waals surface area contributed by atoms with E-state index in [-0.39, 0.29) is 0 Å². The fourth-order valence-electron chi connectivity index (χ4n) is 1.67. The Bertz CT molecular complexity index is 797. The van der Waals surface area contributed by atoms with Crippen LogP contribution in [0.1, 0.15) is 0 Å². The summed E-state index contributed by atoms with van der Waals surface area (Å²) in [6, 6.07) is 5.66. The molecule has 108 valence electrons. The second-order valence-electron chi connectivity index (χ2n) is 4.07. The molecular formula is C11H11N7O2S. The molecule has 3 aromatic rings. The van der Waals surface area contributed by atoms with Crippen molar-refractivity contribution in [1.29, 1.82) is 0 Å². The van der Waals surface area contributed by atoms with Gasteiger partial charge in [-0.05, 0) is 40.4 Å². The molecule has 0 saturated heterocycles. The van der Waals surface area contributed by atoms with E-state index >= 15 is 0 Å². The minimum absolute atomic E-state index is 0.333. The molecule has 0 saturated carbocycles. The van der Waals surface area contributed by atoms with Crippen LogP contribution in [0.25, 0.3) is 11.0 Å². The predicted octanol–water partition coefficient (Wildman–Crippen LogP) is 1.42. The van der Waals surface area contributed by atoms with Crippen molar-refractivity contribution in [1.82, 2.24) is 30.2 Å². The Morgan fingerprint density at radius 1 is 1.48 bits per heavy atom. The summed E-state index contributed by atoms with van der Waals surface area (Å²) in [6.07, 6.45) is -0.575. The Kier molecular flexibility index (Phi) is 3.44. The highest BCUT2D eigenvalue weighted by atomic mass is 32.2. The average molecular weight is 305 g/mol. The summed E-state index contributed by atoms with van der Waals surface area (Å²) < 4.78 is 6.11. The van der Waals surface area contributed by atoms with Gasteiger partial charge in [0.25, 0.3) is 0 Å². The molecule has 2 heterocycles. The van der Waals surface area contributed by atoms with Gasteiger partial charge in [-0.3, -0.25) is 5.32 Å². The number of methoxy groups -OCH3 is 1. The summed E-state index contributed by atoms with van der Waals surface area (Å²) >= 11 is 1.43. The van der Waals surface area contributed by atoms with Crippen LogP contribution in [0.3, 0.4) is 0 Å². The molecule has 0 radical (unpaired) electrons. The van der Waals surface area contributed by atoms with Crippen molar-refractivity contribution in [2.75, 3.05) is 12.4 Å². The predicted molar refractivity (Wildman–Crippen MR) is 75.0 cm³/mol. The number of rotatable bonds is 3. The van der Waals surface area contributed by atoms with Gasteiger partial charge in [0.05, 0.1) is 18.1 Å². The average Bonchev–Trinajstić information content (AvgIpc) is 3.04. The van der Waals surface area contributed by atoms with Gasteiger partial charge in [0.1, 0.15) is 0 Å². The van der Waals surface area contributed by atoms with E-state index in [4.69, 9.17) is 0 Å². The minimum Gasteiger partial charge on any atom is -0.453 e. The minimum atomic E-state index is -0.575. The highest BCUT2D eigenvalue weighted by molar-refractivity contribution is 7.99. The van der Waals surface area contributed by atoms with E-state index in [1.54, 1.807) is 11.7 Å². The van der Waals surface area contributed by atoms with Crippen molar-refractivity contribution >= 4 is 34.8 Å². The van der Waals surface area contributed by atoms with Crippen molar-refractivity contribution < 1.29 is 9.53 Å². The Balaban J connectivity index is 1.86. The van der Waals surface area contributed by atoms with E-state index in [9.17, 15) is 4.79 Å². The largest absolute Gasteiger partial charge is 0.453 e. The van der Waals surface area contributed by atoms with Crippen LogP contribution in [0.5, 0.6) is 0 Å². The van der Waals surface area contributed by atoms with Gasteiger partial charge in [0.15, 0.2) is 0 Å². The number of imidazole rings is 1. The zero-order valence-electron chi connectivity index (χ0n) is 11.2. The van der Waals surface area contributed by atoms with Gasteiger partial charge in [-0.1, -0.05) is 0 Å². The number of ether oxygens (including phenoxy) is 1. The number of nitrogens with zero attached hydrogens (tertiary/aromatic N) is 5. The lowest BCUT2D eigenvalue weighted by molar-refractivity contribution is 0.186. The summed E-state index contributed by atoms with van der Waals surface area (Å²) in [5.41, 5.74) is 1.53. The number of nitrogens with one attached hydrogen (secondary N) is 2. The highest BCUT2D eigenvalue weighted by Gasteiger charge is 2.09. The number of hydrogen-bond acceptors (Lipinski definition) is 7. The van der Waals surface area contributed by atoms with Gasteiger partial charge >= 0.3 is 6.09 Å². The maximum Gasteiger partial charge on any atom is 0.413 e. The Labute approximate surface area is 123 Å². The lowest BCUT2D eigenvalue weighted by atomic mass is 10.3. The molecule has 0 spiro atoms. The zero-order chi connectivity index (χ0) is 14.8. The van der Waals surface area contributed by atoms with Gasteiger partial charge in [-0.25, -0.2) is 14.5 Å². The standard InChI is InChI=1S/C11H11N7O2S/c1-18-10(15-16-17-18)21-6-3-4-7-8(5-6)13-9(12-7)14-11(19)20-2/h3-5H,1-2H3,(H2,12,13,14,19). The first-order valence-corrected chi connectivity index (χ1v) is 6.72. The third-order valence-corrected chi connectivity index (χ3v) is 3.67. The number of fused-ring (bicyclic) bond motifs is 1. The third-order valence-electron chi connectivity index (χ3n) is 2.65. The number of H-pyrrole nitrogens is 1. The number of aromatic amines is 1. The number of benzene rings is 1. The van der Waals surface area contributed by atoms with Crippen LogP contribution in [0.2, 0.25) is 0 Å². The van der Waals surface area contributed by atoms with Crippen LogP contribution in [-0.2, 0) is 11.8 Å². The van der Waals surface area contributed by atoms with Crippen LogP contribution in [0.15, 0.2) is 28.3 Å². The number of hydrogen-bond donors (Lipinski definition) is 2. The van der Waals surface area contributed by atoms with E-state index in [0.717, 1.165) is 15.9 Å². The van der Waals surface area contributed by atoms with E-state index < -0.39 is 6.09 Å². The molecule has 0 aliphatic carbocycles. The summed E-state index contributed by atoms with van der Waals surface area (Å²) in [6.45, 7) is 0. The first kappa shape index (κ1) is 13.4. The Morgan fingerprint density at radius 3 is 3.05 bits per heavy atom. The van der Waals surface area contributed by atoms with Crippen molar-refractivity contribution in [3.63, 3.8) is 0 Å². The summed E-state index contributed by atoms with van der Waals surface area (Å²) in [4.78, 5) is 19.3. The van der Waals surface area contributed by atoms with Gasteiger partial charge in [0.2, 0.25) is 11.1 Å². The molecule has 9 nitrogen and oxygen atoms in total. The van der Waals surface area contributed by atoms with Crippen LogP contribution in [-0.4, -0.2) is 43.4 Å². The lowest BCUT2D eigenvalue weighted by Gasteiger charge is -1.98. The zero-order valence-corrected chi connectivity index (χ0v) is 12.0. The molecule has 3 rings (SSSR count). The maximum atomic E-state index is 11.2. The summed E-state index contributed by atoms with van der Waals surface area (Å²) in [7, 11) is 3.07. The molecule has 10 heteroatoms. The Morgan fingerprint density at radius 2 is 2.33 bits per heavy atom. The SMILES string of the molecule is COC(=O)Nc1nc2ccc(Sc3nnnn3C)cc2[nH]1. The van der Waals surface area contributed by atoms with Gasteiger partial charge in [0, 0.05) is 11.9 Å². The number of carbonyl (C=O) groups is 1. The molecule has 1 amide bonds. The Hall–Kier alpha value is -2.62. The van der Waals surface area contributed by atoms with Crippen molar-refractivity contribution in [3.05, 3.63) is 18.2 Å².